The van der Waals surface area contributed by atoms with Crippen LogP contribution in [0.5, 0.6) is 0 Å². The molecule has 21 heavy (non-hydrogen) atoms. The summed E-state index contributed by atoms with van der Waals surface area (Å²) >= 11 is 1.06. The lowest BCUT2D eigenvalue weighted by molar-refractivity contribution is -0.133. The lowest BCUT2D eigenvalue weighted by atomic mass is 10.4. The van der Waals surface area contributed by atoms with Crippen molar-refractivity contribution in [3.63, 3.8) is 0 Å². The number of hydrogen-bond acceptors (Lipinski definition) is 6. The lowest BCUT2D eigenvalue weighted by Crippen LogP contribution is -2.15. The fraction of sp³-hybridized carbons (Fsp3) is 0.417. The van der Waals surface area contributed by atoms with E-state index in [1.807, 2.05) is 0 Å². The van der Waals surface area contributed by atoms with E-state index in [4.69, 9.17) is 5.11 Å². The van der Waals surface area contributed by atoms with E-state index in [2.05, 4.69) is 9.97 Å². The predicted octanol–water partition coefficient (Wildman–Crippen LogP) is 1.04. The number of carbonyl (C=O) groups is 1. The van der Waals surface area contributed by atoms with Crippen LogP contribution in [0.2, 0.25) is 0 Å². The van der Waals surface area contributed by atoms with E-state index < -0.39 is 15.8 Å². The van der Waals surface area contributed by atoms with Crippen LogP contribution in [0.4, 0.5) is 0 Å². The molecule has 2 aromatic rings. The normalized spacial score (nSPS) is 11.9. The summed E-state index contributed by atoms with van der Waals surface area (Å²) in [5.41, 5.74) is 1.19. The minimum atomic E-state index is -3.11. The Labute approximate surface area is 126 Å². The first kappa shape index (κ1) is 15.8. The predicted molar refractivity (Wildman–Crippen MR) is 80.2 cm³/mol. The molecule has 0 saturated heterocycles. The molecule has 0 amide bonds. The maximum Gasteiger partial charge on any atom is 0.313 e. The highest BCUT2D eigenvalue weighted by molar-refractivity contribution is 7.99. The molecule has 0 aromatic carbocycles. The molecule has 0 saturated carbocycles. The second kappa shape index (κ2) is 6.44. The molecule has 2 heterocycles. The number of rotatable bonds is 7. The van der Waals surface area contributed by atoms with Crippen LogP contribution < -0.4 is 0 Å². The molecule has 0 fully saturated rings. The van der Waals surface area contributed by atoms with Crippen LogP contribution in [-0.4, -0.2) is 51.3 Å². The van der Waals surface area contributed by atoms with Gasteiger partial charge in [-0.05, 0) is 12.1 Å². The largest absolute Gasteiger partial charge is 0.481 e. The number of carboxylic acids is 1. The van der Waals surface area contributed by atoms with Gasteiger partial charge in [0, 0.05) is 18.5 Å². The van der Waals surface area contributed by atoms with Gasteiger partial charge in [-0.25, -0.2) is 18.4 Å². The molecule has 114 valence electrons. The minimum absolute atomic E-state index is 0.0217. The Kier molecular flexibility index (Phi) is 4.84. The molecule has 2 aromatic heterocycles. The zero-order valence-electron chi connectivity index (χ0n) is 11.4. The van der Waals surface area contributed by atoms with Gasteiger partial charge >= 0.3 is 5.97 Å². The van der Waals surface area contributed by atoms with Crippen molar-refractivity contribution < 1.29 is 18.3 Å². The Bertz CT molecular complexity index is 755. The molecule has 0 unspecified atom stereocenters. The monoisotopic (exact) mass is 329 g/mol. The number of aliphatic carboxylic acids is 1. The van der Waals surface area contributed by atoms with Crippen LogP contribution in [0.25, 0.3) is 11.2 Å². The topological polar surface area (TPSA) is 102 Å². The number of imidazole rings is 1. The summed E-state index contributed by atoms with van der Waals surface area (Å²) in [6.45, 7) is 1.81. The van der Waals surface area contributed by atoms with Crippen molar-refractivity contribution in [3.8, 4) is 0 Å². The van der Waals surface area contributed by atoms with Gasteiger partial charge in [0.1, 0.15) is 5.52 Å². The lowest BCUT2D eigenvalue weighted by Gasteiger charge is -2.07. The number of sulfone groups is 1. The third-order valence-electron chi connectivity index (χ3n) is 2.86. The van der Waals surface area contributed by atoms with Crippen LogP contribution >= 0.6 is 11.8 Å². The van der Waals surface area contributed by atoms with E-state index >= 15 is 0 Å². The van der Waals surface area contributed by atoms with Gasteiger partial charge in [-0.1, -0.05) is 18.7 Å². The maximum atomic E-state index is 11.7. The summed E-state index contributed by atoms with van der Waals surface area (Å²) in [4.78, 5) is 19.2. The first-order valence-electron chi connectivity index (χ1n) is 6.29. The minimum Gasteiger partial charge on any atom is -0.481 e. The van der Waals surface area contributed by atoms with Crippen molar-refractivity contribution in [2.24, 2.45) is 0 Å². The number of fused-ring (bicyclic) bond motifs is 1. The molecule has 0 spiro atoms. The third-order valence-corrected chi connectivity index (χ3v) is 5.50. The van der Waals surface area contributed by atoms with Crippen molar-refractivity contribution in [3.05, 3.63) is 18.3 Å². The van der Waals surface area contributed by atoms with Crippen LogP contribution in [0.15, 0.2) is 23.5 Å². The highest BCUT2D eigenvalue weighted by atomic mass is 32.2. The molecular formula is C12H15N3O4S2. The molecule has 0 aliphatic heterocycles. The Morgan fingerprint density at radius 1 is 1.48 bits per heavy atom. The molecular weight excluding hydrogens is 314 g/mol. The Morgan fingerprint density at radius 2 is 2.24 bits per heavy atom. The molecule has 9 heteroatoms. The fourth-order valence-corrected chi connectivity index (χ4v) is 3.25. The second-order valence-electron chi connectivity index (χ2n) is 4.31. The molecule has 2 rings (SSSR count). The Balaban J connectivity index is 2.33. The van der Waals surface area contributed by atoms with Crippen molar-refractivity contribution in [2.75, 3.05) is 17.3 Å². The van der Waals surface area contributed by atoms with Gasteiger partial charge in [0.15, 0.2) is 20.6 Å². The van der Waals surface area contributed by atoms with Crippen LogP contribution in [0, 0.1) is 0 Å². The summed E-state index contributed by atoms with van der Waals surface area (Å²) in [5, 5.41) is 9.24. The van der Waals surface area contributed by atoms with E-state index in [0.717, 1.165) is 11.8 Å². The van der Waals surface area contributed by atoms with Crippen molar-refractivity contribution in [1.82, 2.24) is 14.5 Å². The first-order chi connectivity index (χ1) is 9.93. The third kappa shape index (κ3) is 3.94. The van der Waals surface area contributed by atoms with Crippen LogP contribution in [0.1, 0.15) is 6.92 Å². The summed E-state index contributed by atoms with van der Waals surface area (Å²) in [6.07, 6.45) is 1.60. The summed E-state index contributed by atoms with van der Waals surface area (Å²) in [6, 6.07) is 3.49. The van der Waals surface area contributed by atoms with E-state index in [-0.39, 0.29) is 23.8 Å². The number of carboxylic acid groups (broad SMARTS) is 1. The Morgan fingerprint density at radius 3 is 2.90 bits per heavy atom. The number of aryl methyl sites for hydroxylation is 1. The number of hydrogen-bond donors (Lipinski definition) is 1. The van der Waals surface area contributed by atoms with Gasteiger partial charge < -0.3 is 9.67 Å². The van der Waals surface area contributed by atoms with Gasteiger partial charge in [0.25, 0.3) is 0 Å². The number of thioether (sulfide) groups is 1. The average molecular weight is 329 g/mol. The van der Waals surface area contributed by atoms with Gasteiger partial charge in [0.05, 0.1) is 11.5 Å². The fourth-order valence-electron chi connectivity index (χ4n) is 1.75. The highest BCUT2D eigenvalue weighted by Crippen LogP contribution is 2.22. The molecule has 0 radical (unpaired) electrons. The summed E-state index contributed by atoms with van der Waals surface area (Å²) in [7, 11) is -3.11. The van der Waals surface area contributed by atoms with E-state index in [1.54, 1.807) is 29.8 Å². The van der Waals surface area contributed by atoms with Crippen molar-refractivity contribution >= 4 is 38.7 Å². The standard InChI is InChI=1S/C12H15N3O4S2/c1-2-21(18,19)7-6-15-11-9(4-3-5-13-11)14-12(15)20-8-10(16)17/h3-5H,2,6-8H2,1H3,(H,16,17). The smallest absolute Gasteiger partial charge is 0.313 e. The van der Waals surface area contributed by atoms with E-state index in [0.29, 0.717) is 16.3 Å². The van der Waals surface area contributed by atoms with E-state index in [9.17, 15) is 13.2 Å². The molecule has 0 aliphatic rings. The molecule has 0 bridgehead atoms. The number of aromatic nitrogens is 3. The van der Waals surface area contributed by atoms with Crippen molar-refractivity contribution in [2.45, 2.75) is 18.6 Å². The maximum absolute atomic E-state index is 11.7. The molecule has 0 aliphatic carbocycles. The second-order valence-corrected chi connectivity index (χ2v) is 7.73. The van der Waals surface area contributed by atoms with Gasteiger partial charge in [-0.15, -0.1) is 0 Å². The quantitative estimate of drug-likeness (QED) is 0.757. The van der Waals surface area contributed by atoms with Gasteiger partial charge in [-0.2, -0.15) is 0 Å². The van der Waals surface area contributed by atoms with E-state index in [1.165, 1.54) is 0 Å². The summed E-state index contributed by atoms with van der Waals surface area (Å²) < 4.78 is 25.0. The number of nitrogens with zero attached hydrogens (tertiary/aromatic N) is 3. The Hall–Kier alpha value is -1.61. The van der Waals surface area contributed by atoms with Crippen LogP contribution in [0.3, 0.4) is 0 Å². The van der Waals surface area contributed by atoms with Crippen molar-refractivity contribution in [1.29, 1.82) is 0 Å². The summed E-state index contributed by atoms with van der Waals surface area (Å²) in [5.74, 6) is -1.03. The van der Waals surface area contributed by atoms with Crippen LogP contribution in [-0.2, 0) is 21.2 Å². The first-order valence-corrected chi connectivity index (χ1v) is 9.10. The molecule has 7 nitrogen and oxygen atoms in total. The molecule has 1 N–H and O–H groups in total. The zero-order valence-corrected chi connectivity index (χ0v) is 13.0. The zero-order chi connectivity index (χ0) is 15.5. The average Bonchev–Trinajstić information content (AvgIpc) is 2.81. The highest BCUT2D eigenvalue weighted by Gasteiger charge is 2.16. The number of pyridine rings is 1. The SMILES string of the molecule is CCS(=O)(=O)CCn1c(SCC(=O)O)nc2cccnc21. The van der Waals surface area contributed by atoms with Gasteiger partial charge in [-0.3, -0.25) is 4.79 Å². The molecule has 0 atom stereocenters. The van der Waals surface area contributed by atoms with Gasteiger partial charge in [0.2, 0.25) is 0 Å².